The molecule has 2 nitrogen and oxygen atoms in total. The van der Waals surface area contributed by atoms with Crippen molar-refractivity contribution in [3.8, 4) is 5.75 Å². The number of halogens is 1. The third-order valence-corrected chi connectivity index (χ3v) is 4.05. The Balaban J connectivity index is 2.10. The number of carbonyl (C=O) groups is 1. The number of ether oxygens (including phenoxy) is 1. The van der Waals surface area contributed by atoms with Gasteiger partial charge in [0.25, 0.3) is 0 Å². The first-order chi connectivity index (χ1) is 9.61. The number of para-hydroxylation sites is 1. The fraction of sp³-hybridized carbons (Fsp3) is 0.235. The molecule has 0 saturated heterocycles. The van der Waals surface area contributed by atoms with Gasteiger partial charge in [-0.3, -0.25) is 4.79 Å². The average Bonchev–Trinajstić information content (AvgIpc) is 2.49. The summed E-state index contributed by atoms with van der Waals surface area (Å²) in [4.78, 5) is 12.3. The third-order valence-electron chi connectivity index (χ3n) is 3.16. The number of hydrogen-bond acceptors (Lipinski definition) is 2. The molecule has 0 spiro atoms. The van der Waals surface area contributed by atoms with Crippen molar-refractivity contribution >= 4 is 28.4 Å². The number of hydrogen-bond donors (Lipinski definition) is 0. The SMILES string of the molecule is CCc1ccc(C(=O)C(C)Oc2ccccc2I)cc1. The fourth-order valence-corrected chi connectivity index (χ4v) is 2.44. The highest BCUT2D eigenvalue weighted by Crippen LogP contribution is 2.22. The second kappa shape index (κ2) is 6.88. The lowest BCUT2D eigenvalue weighted by molar-refractivity contribution is 0.0817. The summed E-state index contributed by atoms with van der Waals surface area (Å²) < 4.78 is 6.77. The van der Waals surface area contributed by atoms with E-state index in [1.54, 1.807) is 6.92 Å². The zero-order valence-electron chi connectivity index (χ0n) is 11.6. The van der Waals surface area contributed by atoms with E-state index in [9.17, 15) is 4.79 Å². The molecule has 2 rings (SSSR count). The molecular formula is C17H17IO2. The largest absolute Gasteiger partial charge is 0.481 e. The number of ketones is 1. The fourth-order valence-electron chi connectivity index (χ4n) is 1.92. The summed E-state index contributed by atoms with van der Waals surface area (Å²) >= 11 is 2.20. The first-order valence-corrected chi connectivity index (χ1v) is 7.74. The maximum absolute atomic E-state index is 12.3. The van der Waals surface area contributed by atoms with Gasteiger partial charge in [-0.2, -0.15) is 0 Å². The lowest BCUT2D eigenvalue weighted by atomic mass is 10.0. The molecule has 1 atom stereocenters. The van der Waals surface area contributed by atoms with E-state index in [1.165, 1.54) is 5.56 Å². The summed E-state index contributed by atoms with van der Waals surface area (Å²) in [5.74, 6) is 0.756. The van der Waals surface area contributed by atoms with Crippen molar-refractivity contribution in [3.63, 3.8) is 0 Å². The van der Waals surface area contributed by atoms with Gasteiger partial charge in [-0.25, -0.2) is 0 Å². The molecule has 0 fully saturated rings. The Kier molecular flexibility index (Phi) is 5.17. The van der Waals surface area contributed by atoms with Crippen molar-refractivity contribution in [2.45, 2.75) is 26.4 Å². The molecule has 0 heterocycles. The van der Waals surface area contributed by atoms with E-state index in [2.05, 4.69) is 29.5 Å². The molecule has 104 valence electrons. The van der Waals surface area contributed by atoms with E-state index in [-0.39, 0.29) is 5.78 Å². The maximum atomic E-state index is 12.3. The molecule has 0 radical (unpaired) electrons. The third kappa shape index (κ3) is 3.60. The highest BCUT2D eigenvalue weighted by molar-refractivity contribution is 14.1. The predicted molar refractivity (Wildman–Crippen MR) is 89.4 cm³/mol. The Hall–Kier alpha value is -1.36. The van der Waals surface area contributed by atoms with Crippen LogP contribution in [0.3, 0.4) is 0 Å². The van der Waals surface area contributed by atoms with Gasteiger partial charge in [0.05, 0.1) is 3.57 Å². The summed E-state index contributed by atoms with van der Waals surface area (Å²) in [5.41, 5.74) is 1.92. The highest BCUT2D eigenvalue weighted by atomic mass is 127. The van der Waals surface area contributed by atoms with Crippen LogP contribution in [-0.2, 0) is 6.42 Å². The van der Waals surface area contributed by atoms with Crippen LogP contribution < -0.4 is 4.74 Å². The highest BCUT2D eigenvalue weighted by Gasteiger charge is 2.17. The zero-order chi connectivity index (χ0) is 14.5. The van der Waals surface area contributed by atoms with Crippen LogP contribution >= 0.6 is 22.6 Å². The molecule has 0 saturated carbocycles. The molecule has 2 aromatic rings. The maximum Gasteiger partial charge on any atom is 0.202 e. The van der Waals surface area contributed by atoms with Crippen molar-refractivity contribution < 1.29 is 9.53 Å². The second-order valence-corrected chi connectivity index (χ2v) is 5.77. The van der Waals surface area contributed by atoms with E-state index in [0.29, 0.717) is 5.56 Å². The molecule has 3 heteroatoms. The lowest BCUT2D eigenvalue weighted by Gasteiger charge is -2.15. The predicted octanol–water partition coefficient (Wildman–Crippen LogP) is 4.50. The molecule has 0 aliphatic heterocycles. The first kappa shape index (κ1) is 15.0. The topological polar surface area (TPSA) is 26.3 Å². The molecule has 1 unspecified atom stereocenters. The van der Waals surface area contributed by atoms with Crippen molar-refractivity contribution in [3.05, 3.63) is 63.2 Å². The Bertz CT molecular complexity index is 590. The summed E-state index contributed by atoms with van der Waals surface area (Å²) in [7, 11) is 0. The first-order valence-electron chi connectivity index (χ1n) is 6.66. The van der Waals surface area contributed by atoms with Gasteiger partial charge in [-0.1, -0.05) is 43.3 Å². The average molecular weight is 380 g/mol. The Morgan fingerprint density at radius 2 is 1.80 bits per heavy atom. The van der Waals surface area contributed by atoms with Gasteiger partial charge in [0.15, 0.2) is 6.10 Å². The van der Waals surface area contributed by atoms with Crippen LogP contribution in [0.4, 0.5) is 0 Å². The summed E-state index contributed by atoms with van der Waals surface area (Å²) in [6.07, 6.45) is 0.487. The van der Waals surface area contributed by atoms with Crippen LogP contribution in [0.15, 0.2) is 48.5 Å². The summed E-state index contributed by atoms with van der Waals surface area (Å²) in [6.45, 7) is 3.89. The van der Waals surface area contributed by atoms with Crippen molar-refractivity contribution in [2.24, 2.45) is 0 Å². The number of aryl methyl sites for hydroxylation is 1. The number of carbonyl (C=O) groups excluding carboxylic acids is 1. The van der Waals surface area contributed by atoms with Gasteiger partial charge in [-0.05, 0) is 53.6 Å². The summed E-state index contributed by atoms with van der Waals surface area (Å²) in [5, 5.41) is 0. The van der Waals surface area contributed by atoms with Crippen LogP contribution in [-0.4, -0.2) is 11.9 Å². The normalized spacial score (nSPS) is 11.9. The van der Waals surface area contributed by atoms with E-state index in [4.69, 9.17) is 4.74 Å². The van der Waals surface area contributed by atoms with Gasteiger partial charge >= 0.3 is 0 Å². The van der Waals surface area contributed by atoms with Crippen LogP contribution in [0.1, 0.15) is 29.8 Å². The number of Topliss-reactive ketones (excluding diaryl/α,β-unsaturated/α-hetero) is 1. The Morgan fingerprint density at radius 1 is 1.15 bits per heavy atom. The Morgan fingerprint density at radius 3 is 2.40 bits per heavy atom. The minimum atomic E-state index is -0.488. The molecule has 20 heavy (non-hydrogen) atoms. The van der Waals surface area contributed by atoms with Gasteiger partial charge < -0.3 is 4.74 Å². The molecule has 2 aromatic carbocycles. The number of benzene rings is 2. The van der Waals surface area contributed by atoms with Crippen molar-refractivity contribution in [1.82, 2.24) is 0 Å². The van der Waals surface area contributed by atoms with Gasteiger partial charge in [0, 0.05) is 5.56 Å². The molecule has 0 amide bonds. The van der Waals surface area contributed by atoms with E-state index in [1.807, 2.05) is 48.5 Å². The summed E-state index contributed by atoms with van der Waals surface area (Å²) in [6, 6.07) is 15.4. The van der Waals surface area contributed by atoms with Gasteiger partial charge in [0.2, 0.25) is 5.78 Å². The molecular weight excluding hydrogens is 363 g/mol. The molecule has 0 bridgehead atoms. The van der Waals surface area contributed by atoms with Crippen molar-refractivity contribution in [2.75, 3.05) is 0 Å². The molecule has 0 aliphatic carbocycles. The lowest BCUT2D eigenvalue weighted by Crippen LogP contribution is -2.24. The van der Waals surface area contributed by atoms with Crippen LogP contribution in [0, 0.1) is 3.57 Å². The van der Waals surface area contributed by atoms with E-state index < -0.39 is 6.10 Å². The standard InChI is InChI=1S/C17H17IO2/c1-3-13-8-10-14(11-9-13)17(19)12(2)20-16-7-5-4-6-15(16)18/h4-12H,3H2,1-2H3. The van der Waals surface area contributed by atoms with Gasteiger partial charge in [-0.15, -0.1) is 0 Å². The molecule has 0 aromatic heterocycles. The van der Waals surface area contributed by atoms with Crippen LogP contribution in [0.5, 0.6) is 5.75 Å². The van der Waals surface area contributed by atoms with E-state index in [0.717, 1.165) is 15.7 Å². The minimum absolute atomic E-state index is 0.00676. The Labute approximate surface area is 133 Å². The van der Waals surface area contributed by atoms with Gasteiger partial charge in [0.1, 0.15) is 5.75 Å². The number of rotatable bonds is 5. The van der Waals surface area contributed by atoms with Crippen LogP contribution in [0.25, 0.3) is 0 Å². The smallest absolute Gasteiger partial charge is 0.202 e. The molecule has 0 aliphatic rings. The zero-order valence-corrected chi connectivity index (χ0v) is 13.8. The minimum Gasteiger partial charge on any atom is -0.481 e. The van der Waals surface area contributed by atoms with Crippen LogP contribution in [0.2, 0.25) is 0 Å². The van der Waals surface area contributed by atoms with E-state index >= 15 is 0 Å². The molecule has 0 N–H and O–H groups in total. The second-order valence-electron chi connectivity index (χ2n) is 4.61. The van der Waals surface area contributed by atoms with Crippen molar-refractivity contribution in [1.29, 1.82) is 0 Å². The monoisotopic (exact) mass is 380 g/mol. The quantitative estimate of drug-likeness (QED) is 0.564.